The van der Waals surface area contributed by atoms with Crippen LogP contribution in [0.4, 0.5) is 10.5 Å². The van der Waals surface area contributed by atoms with E-state index in [-0.39, 0.29) is 18.2 Å². The monoisotopic (exact) mass is 555 g/mol. The molecule has 0 saturated carbocycles. The van der Waals surface area contributed by atoms with Crippen LogP contribution >= 0.6 is 15.9 Å². The second-order valence-electron chi connectivity index (χ2n) is 8.23. The van der Waals surface area contributed by atoms with Gasteiger partial charge in [-0.05, 0) is 56.7 Å². The number of furan rings is 1. The Balaban J connectivity index is 0.00000176. The average Bonchev–Trinajstić information content (AvgIpc) is 3.38. The predicted octanol–water partition coefficient (Wildman–Crippen LogP) is 7.80. The highest BCUT2D eigenvalue weighted by Gasteiger charge is 2.30. The maximum absolute atomic E-state index is 13.8. The third-order valence-electron chi connectivity index (χ3n) is 5.94. The number of rotatable bonds is 8. The largest absolute Gasteiger partial charge is 0.450 e. The molecular formula is C28H34BrN3O4. The summed E-state index contributed by atoms with van der Waals surface area (Å²) in [5.41, 5.74) is 3.09. The maximum atomic E-state index is 13.8. The molecule has 1 amide bonds. The van der Waals surface area contributed by atoms with Gasteiger partial charge in [0.2, 0.25) is 5.78 Å². The van der Waals surface area contributed by atoms with Crippen molar-refractivity contribution < 1.29 is 18.7 Å². The average molecular weight is 557 g/mol. The molecule has 8 heteroatoms. The number of hydrogen-bond acceptors (Lipinski definition) is 5. The Morgan fingerprint density at radius 3 is 2.56 bits per heavy atom. The van der Waals surface area contributed by atoms with Crippen molar-refractivity contribution >= 4 is 55.5 Å². The molecule has 0 spiro atoms. The molecule has 36 heavy (non-hydrogen) atoms. The summed E-state index contributed by atoms with van der Waals surface area (Å²) in [6, 6.07) is 10.9. The van der Waals surface area contributed by atoms with Gasteiger partial charge in [-0.3, -0.25) is 9.69 Å². The topological polar surface area (TPSA) is 77.6 Å². The number of imidazole rings is 1. The minimum absolute atomic E-state index is 0.115. The van der Waals surface area contributed by atoms with Crippen LogP contribution in [0.25, 0.3) is 22.0 Å². The van der Waals surface area contributed by atoms with Crippen LogP contribution in [0, 0.1) is 6.92 Å². The molecule has 2 heterocycles. The summed E-state index contributed by atoms with van der Waals surface area (Å²) in [5.74, 6) is 0.667. The third-order valence-corrected chi connectivity index (χ3v) is 6.43. The summed E-state index contributed by atoms with van der Waals surface area (Å²) in [5, 5.41) is 0.678. The molecule has 0 bridgehead atoms. The molecule has 0 aliphatic rings. The minimum atomic E-state index is -0.494. The second-order valence-corrected chi connectivity index (χ2v) is 9.14. The van der Waals surface area contributed by atoms with Crippen LogP contribution in [0.2, 0.25) is 0 Å². The van der Waals surface area contributed by atoms with E-state index in [1.54, 1.807) is 25.1 Å². The number of fused-ring (bicyclic) bond motifs is 2. The molecule has 2 aromatic carbocycles. The standard InChI is InChI=1S/C26H28BrN3O4.C2H6/c1-5-7-8-13-30(26(32)33-6-2)23-19-15-18(27)10-12-22(19)34-25(23)24(31)17-9-11-21-20(14-17)28-16(3)29(21)4;1-2/h9-12,14-15H,5-8,13H2,1-4H3;1-2H3. The molecule has 0 unspecified atom stereocenters. The summed E-state index contributed by atoms with van der Waals surface area (Å²) in [4.78, 5) is 32.9. The molecule has 192 valence electrons. The zero-order chi connectivity index (χ0) is 26.4. The molecule has 4 aromatic rings. The van der Waals surface area contributed by atoms with Gasteiger partial charge in [-0.1, -0.05) is 49.5 Å². The highest BCUT2D eigenvalue weighted by Crippen LogP contribution is 2.38. The van der Waals surface area contributed by atoms with Gasteiger partial charge in [-0.2, -0.15) is 0 Å². The Labute approximate surface area is 220 Å². The lowest BCUT2D eigenvalue weighted by Crippen LogP contribution is -2.33. The first-order valence-electron chi connectivity index (χ1n) is 12.5. The quantitative estimate of drug-likeness (QED) is 0.163. The van der Waals surface area contributed by atoms with Crippen LogP contribution < -0.4 is 4.90 Å². The zero-order valence-electron chi connectivity index (χ0n) is 21.9. The normalized spacial score (nSPS) is 10.9. The van der Waals surface area contributed by atoms with E-state index < -0.39 is 6.09 Å². The number of aromatic nitrogens is 2. The zero-order valence-corrected chi connectivity index (χ0v) is 23.4. The van der Waals surface area contributed by atoms with E-state index in [0.29, 0.717) is 28.8 Å². The van der Waals surface area contributed by atoms with Gasteiger partial charge < -0.3 is 13.7 Å². The first kappa shape index (κ1) is 27.5. The Bertz CT molecular complexity index is 1370. The van der Waals surface area contributed by atoms with E-state index >= 15 is 0 Å². The Hall–Kier alpha value is -3.13. The number of unbranched alkanes of at least 4 members (excludes halogenated alkanes) is 2. The van der Waals surface area contributed by atoms with Crippen molar-refractivity contribution in [1.29, 1.82) is 0 Å². The second kappa shape index (κ2) is 12.2. The number of aryl methyl sites for hydroxylation is 2. The van der Waals surface area contributed by atoms with E-state index in [1.165, 1.54) is 4.90 Å². The first-order valence-corrected chi connectivity index (χ1v) is 13.3. The van der Waals surface area contributed by atoms with Gasteiger partial charge in [0.1, 0.15) is 17.1 Å². The molecular weight excluding hydrogens is 522 g/mol. The highest BCUT2D eigenvalue weighted by atomic mass is 79.9. The number of amides is 1. The number of halogens is 1. The molecule has 4 rings (SSSR count). The first-order chi connectivity index (χ1) is 17.3. The van der Waals surface area contributed by atoms with Crippen LogP contribution in [0.1, 0.15) is 68.9 Å². The fourth-order valence-electron chi connectivity index (χ4n) is 4.09. The number of ether oxygens (including phenoxy) is 1. The maximum Gasteiger partial charge on any atom is 0.414 e. The van der Waals surface area contributed by atoms with Gasteiger partial charge in [-0.25, -0.2) is 9.78 Å². The molecule has 0 fully saturated rings. The van der Waals surface area contributed by atoms with Crippen molar-refractivity contribution in [2.45, 2.75) is 53.9 Å². The van der Waals surface area contributed by atoms with E-state index in [0.717, 1.165) is 40.6 Å². The fraction of sp³-hybridized carbons (Fsp3) is 0.393. The van der Waals surface area contributed by atoms with Gasteiger partial charge >= 0.3 is 6.09 Å². The van der Waals surface area contributed by atoms with Crippen LogP contribution in [-0.2, 0) is 11.8 Å². The highest BCUT2D eigenvalue weighted by molar-refractivity contribution is 9.10. The van der Waals surface area contributed by atoms with Crippen LogP contribution in [-0.4, -0.2) is 34.6 Å². The number of carbonyl (C=O) groups is 2. The SMILES string of the molecule is CC.CCCCCN(C(=O)OCC)c1c(C(=O)c2ccc3c(c2)nc(C)n3C)oc2ccc(Br)cc12. The lowest BCUT2D eigenvalue weighted by atomic mass is 10.1. The number of ketones is 1. The molecule has 0 atom stereocenters. The van der Waals surface area contributed by atoms with E-state index in [2.05, 4.69) is 27.8 Å². The smallest absolute Gasteiger partial charge is 0.414 e. The molecule has 0 saturated heterocycles. The van der Waals surface area contributed by atoms with Crippen molar-refractivity contribution in [2.24, 2.45) is 7.05 Å². The molecule has 2 aromatic heterocycles. The molecule has 0 radical (unpaired) electrons. The van der Waals surface area contributed by atoms with Crippen LogP contribution in [0.5, 0.6) is 0 Å². The number of nitrogens with zero attached hydrogens (tertiary/aromatic N) is 3. The van der Waals surface area contributed by atoms with Crippen molar-refractivity contribution in [3.8, 4) is 0 Å². The molecule has 7 nitrogen and oxygen atoms in total. The van der Waals surface area contributed by atoms with Crippen molar-refractivity contribution in [2.75, 3.05) is 18.1 Å². The lowest BCUT2D eigenvalue weighted by Gasteiger charge is -2.22. The van der Waals surface area contributed by atoms with Gasteiger partial charge in [0.15, 0.2) is 5.76 Å². The van der Waals surface area contributed by atoms with Crippen LogP contribution in [0.3, 0.4) is 0 Å². The lowest BCUT2D eigenvalue weighted by molar-refractivity contribution is 0.101. The van der Waals surface area contributed by atoms with Gasteiger partial charge in [0.25, 0.3) is 0 Å². The molecule has 0 aliphatic heterocycles. The third kappa shape index (κ3) is 5.48. The number of hydrogen-bond donors (Lipinski definition) is 0. The van der Waals surface area contributed by atoms with Crippen molar-refractivity contribution in [3.05, 3.63) is 58.0 Å². The predicted molar refractivity (Wildman–Crippen MR) is 148 cm³/mol. The van der Waals surface area contributed by atoms with Gasteiger partial charge in [-0.15, -0.1) is 0 Å². The van der Waals surface area contributed by atoms with Crippen molar-refractivity contribution in [3.63, 3.8) is 0 Å². The van der Waals surface area contributed by atoms with Gasteiger partial charge in [0.05, 0.1) is 17.6 Å². The number of carbonyl (C=O) groups excluding carboxylic acids is 2. The minimum Gasteiger partial charge on any atom is -0.450 e. The number of benzene rings is 2. The fourth-order valence-corrected chi connectivity index (χ4v) is 4.45. The van der Waals surface area contributed by atoms with Crippen molar-refractivity contribution in [1.82, 2.24) is 9.55 Å². The Kier molecular flexibility index (Phi) is 9.31. The molecule has 0 aliphatic carbocycles. The van der Waals surface area contributed by atoms with Gasteiger partial charge in [0, 0.05) is 29.0 Å². The Morgan fingerprint density at radius 2 is 1.86 bits per heavy atom. The van der Waals surface area contributed by atoms with E-state index in [9.17, 15) is 9.59 Å². The summed E-state index contributed by atoms with van der Waals surface area (Å²) in [6.45, 7) is 10.4. The summed E-state index contributed by atoms with van der Waals surface area (Å²) in [6.07, 6.45) is 2.24. The summed E-state index contributed by atoms with van der Waals surface area (Å²) >= 11 is 3.50. The van der Waals surface area contributed by atoms with E-state index in [4.69, 9.17) is 9.15 Å². The Morgan fingerprint density at radius 1 is 1.11 bits per heavy atom. The number of anilines is 1. The van der Waals surface area contributed by atoms with Crippen LogP contribution in [0.15, 0.2) is 45.3 Å². The molecule has 0 N–H and O–H groups in total. The summed E-state index contributed by atoms with van der Waals surface area (Å²) < 4.78 is 14.2. The van der Waals surface area contributed by atoms with E-state index in [1.807, 2.05) is 50.6 Å². The summed E-state index contributed by atoms with van der Waals surface area (Å²) in [7, 11) is 1.94.